The van der Waals surface area contributed by atoms with E-state index >= 15 is 0 Å². The summed E-state index contributed by atoms with van der Waals surface area (Å²) in [6.07, 6.45) is -2.73. The maximum Gasteiger partial charge on any atom is 0.416 e. The monoisotopic (exact) mass is 526 g/mol. The number of rotatable bonds is 6. The predicted molar refractivity (Wildman–Crippen MR) is 117 cm³/mol. The van der Waals surface area contributed by atoms with Crippen LogP contribution in [-0.4, -0.2) is 34.2 Å². The molecule has 1 aliphatic heterocycles. The predicted octanol–water partition coefficient (Wildman–Crippen LogP) is 5.66. The summed E-state index contributed by atoms with van der Waals surface area (Å²) in [5, 5.41) is 14.8. The van der Waals surface area contributed by atoms with E-state index < -0.39 is 28.4 Å². The van der Waals surface area contributed by atoms with E-state index in [1.54, 1.807) is 19.1 Å². The van der Waals surface area contributed by atoms with Gasteiger partial charge in [0.15, 0.2) is 0 Å². The van der Waals surface area contributed by atoms with E-state index in [0.717, 1.165) is 18.6 Å². The molecule has 1 aromatic heterocycles. The van der Waals surface area contributed by atoms with Crippen molar-refractivity contribution < 1.29 is 27.6 Å². The average molecular weight is 527 g/mol. The van der Waals surface area contributed by atoms with Crippen molar-refractivity contribution in [1.82, 2.24) is 9.97 Å². The molecule has 3 aromatic rings. The van der Waals surface area contributed by atoms with E-state index in [-0.39, 0.29) is 11.7 Å². The molecule has 0 aliphatic carbocycles. The van der Waals surface area contributed by atoms with Gasteiger partial charge in [-0.1, -0.05) is 0 Å². The molecular formula is C21H18BrF3N4O4. The molecular weight excluding hydrogens is 509 g/mol. The minimum absolute atomic E-state index is 0.0932. The summed E-state index contributed by atoms with van der Waals surface area (Å²) in [6, 6.07) is 5.29. The molecule has 1 saturated heterocycles. The third-order valence-electron chi connectivity index (χ3n) is 5.20. The topological polar surface area (TPSA) is 99.4 Å². The Morgan fingerprint density at radius 3 is 2.73 bits per heavy atom. The quantitative estimate of drug-likeness (QED) is 0.326. The van der Waals surface area contributed by atoms with Crippen LogP contribution in [0.3, 0.4) is 0 Å². The number of hydrogen-bond donors (Lipinski definition) is 1. The van der Waals surface area contributed by atoms with Gasteiger partial charge in [-0.05, 0) is 46.6 Å². The van der Waals surface area contributed by atoms with Gasteiger partial charge in [-0.25, -0.2) is 9.97 Å². The highest BCUT2D eigenvalue weighted by Crippen LogP contribution is 2.37. The van der Waals surface area contributed by atoms with Crippen molar-refractivity contribution in [3.05, 3.63) is 62.4 Å². The van der Waals surface area contributed by atoms with Crippen LogP contribution >= 0.6 is 15.9 Å². The fourth-order valence-corrected chi connectivity index (χ4v) is 3.92. The van der Waals surface area contributed by atoms with Crippen LogP contribution in [0.4, 0.5) is 24.7 Å². The van der Waals surface area contributed by atoms with E-state index in [1.807, 2.05) is 0 Å². The zero-order chi connectivity index (χ0) is 23.8. The number of alkyl halides is 3. The second-order valence-electron chi connectivity index (χ2n) is 7.56. The van der Waals surface area contributed by atoms with Crippen molar-refractivity contribution in [3.8, 4) is 5.75 Å². The number of halogens is 4. The maximum atomic E-state index is 13.3. The first-order chi connectivity index (χ1) is 15.6. The van der Waals surface area contributed by atoms with Crippen molar-refractivity contribution in [1.29, 1.82) is 0 Å². The molecule has 1 N–H and O–H groups in total. The SMILES string of the molecule is C[C@@H](Nc1ncnc2cc(Br)c(O[C@H]3CCOC3)cc12)c1cc([N+](=O)[O-])cc(C(F)(F)F)c1. The molecule has 12 heteroatoms. The Morgan fingerprint density at radius 1 is 1.27 bits per heavy atom. The Labute approximate surface area is 194 Å². The van der Waals surface area contributed by atoms with Crippen LogP contribution in [0.5, 0.6) is 5.75 Å². The van der Waals surface area contributed by atoms with Gasteiger partial charge in [-0.2, -0.15) is 13.2 Å². The second-order valence-corrected chi connectivity index (χ2v) is 8.41. The number of anilines is 1. The summed E-state index contributed by atoms with van der Waals surface area (Å²) < 4.78 is 51.8. The number of fused-ring (bicyclic) bond motifs is 1. The van der Waals surface area contributed by atoms with Gasteiger partial charge in [-0.3, -0.25) is 10.1 Å². The highest BCUT2D eigenvalue weighted by Gasteiger charge is 2.33. The molecule has 0 saturated carbocycles. The first-order valence-electron chi connectivity index (χ1n) is 9.93. The third kappa shape index (κ3) is 5.17. The lowest BCUT2D eigenvalue weighted by molar-refractivity contribution is -0.385. The lowest BCUT2D eigenvalue weighted by Crippen LogP contribution is -2.16. The molecule has 2 aromatic carbocycles. The summed E-state index contributed by atoms with van der Waals surface area (Å²) in [4.78, 5) is 18.8. The van der Waals surface area contributed by atoms with Gasteiger partial charge in [0.25, 0.3) is 5.69 Å². The third-order valence-corrected chi connectivity index (χ3v) is 5.82. The van der Waals surface area contributed by atoms with Crippen LogP contribution in [0.1, 0.15) is 30.5 Å². The van der Waals surface area contributed by atoms with Crippen LogP contribution in [0.2, 0.25) is 0 Å². The van der Waals surface area contributed by atoms with Gasteiger partial charge in [0.05, 0.1) is 39.7 Å². The van der Waals surface area contributed by atoms with Crippen molar-refractivity contribution >= 4 is 38.3 Å². The van der Waals surface area contributed by atoms with Crippen LogP contribution in [0, 0.1) is 10.1 Å². The van der Waals surface area contributed by atoms with Crippen molar-refractivity contribution in [3.63, 3.8) is 0 Å². The Kier molecular flexibility index (Phi) is 6.39. The van der Waals surface area contributed by atoms with E-state index in [2.05, 4.69) is 31.2 Å². The zero-order valence-electron chi connectivity index (χ0n) is 17.2. The number of nitrogens with zero attached hydrogens (tertiary/aromatic N) is 3. The number of nitro benzene ring substituents is 1. The lowest BCUT2D eigenvalue weighted by Gasteiger charge is -2.19. The van der Waals surface area contributed by atoms with Gasteiger partial charge >= 0.3 is 6.18 Å². The number of benzene rings is 2. The van der Waals surface area contributed by atoms with Crippen LogP contribution in [0.25, 0.3) is 10.9 Å². The Balaban J connectivity index is 1.68. The summed E-state index contributed by atoms with van der Waals surface area (Å²) >= 11 is 3.47. The molecule has 33 heavy (non-hydrogen) atoms. The van der Waals surface area contributed by atoms with Crippen LogP contribution in [-0.2, 0) is 10.9 Å². The molecule has 174 valence electrons. The molecule has 8 nitrogen and oxygen atoms in total. The lowest BCUT2D eigenvalue weighted by atomic mass is 10.0. The fraction of sp³-hybridized carbons (Fsp3) is 0.333. The zero-order valence-corrected chi connectivity index (χ0v) is 18.8. The molecule has 2 heterocycles. The average Bonchev–Trinajstić information content (AvgIpc) is 3.27. The van der Waals surface area contributed by atoms with E-state index in [9.17, 15) is 23.3 Å². The fourth-order valence-electron chi connectivity index (χ4n) is 3.49. The largest absolute Gasteiger partial charge is 0.487 e. The molecule has 1 aliphatic rings. The molecule has 0 radical (unpaired) electrons. The highest BCUT2D eigenvalue weighted by atomic mass is 79.9. The molecule has 1 fully saturated rings. The van der Waals surface area contributed by atoms with E-state index in [1.165, 1.54) is 6.33 Å². The van der Waals surface area contributed by atoms with Gasteiger partial charge in [0.2, 0.25) is 0 Å². The maximum absolute atomic E-state index is 13.3. The number of aromatic nitrogens is 2. The van der Waals surface area contributed by atoms with E-state index in [0.29, 0.717) is 46.2 Å². The molecule has 0 unspecified atom stereocenters. The molecule has 4 rings (SSSR count). The smallest absolute Gasteiger partial charge is 0.416 e. The molecule has 0 bridgehead atoms. The standard InChI is InChI=1S/C21H18BrF3N4O4/c1-11(12-4-13(21(23,24)25)6-14(5-12)29(30)31)28-20-16-7-19(33-15-2-3-32-9-15)17(22)8-18(16)26-10-27-20/h4-8,10-11,15H,2-3,9H2,1H3,(H,26,27,28)/t11-,15+/m1/s1. The molecule has 0 spiro atoms. The summed E-state index contributed by atoms with van der Waals surface area (Å²) in [7, 11) is 0. The van der Waals surface area contributed by atoms with Crippen molar-refractivity contribution in [2.75, 3.05) is 18.5 Å². The van der Waals surface area contributed by atoms with Gasteiger partial charge in [-0.15, -0.1) is 0 Å². The Morgan fingerprint density at radius 2 is 2.06 bits per heavy atom. The number of non-ortho nitro benzene ring substituents is 1. The highest BCUT2D eigenvalue weighted by molar-refractivity contribution is 9.10. The number of nitro groups is 1. The number of hydrogen-bond acceptors (Lipinski definition) is 7. The molecule has 0 amide bonds. The van der Waals surface area contributed by atoms with Crippen molar-refractivity contribution in [2.45, 2.75) is 31.7 Å². The normalized spacial score (nSPS) is 17.2. The van der Waals surface area contributed by atoms with Gasteiger partial charge < -0.3 is 14.8 Å². The van der Waals surface area contributed by atoms with E-state index in [4.69, 9.17) is 9.47 Å². The molecule has 2 atom stereocenters. The number of ether oxygens (including phenoxy) is 2. The summed E-state index contributed by atoms with van der Waals surface area (Å²) in [5.41, 5.74) is -1.05. The summed E-state index contributed by atoms with van der Waals surface area (Å²) in [5.74, 6) is 0.908. The Bertz CT molecular complexity index is 1200. The Hall–Kier alpha value is -2.99. The van der Waals surface area contributed by atoms with Gasteiger partial charge in [0.1, 0.15) is 24.0 Å². The minimum atomic E-state index is -4.72. The van der Waals surface area contributed by atoms with Crippen LogP contribution in [0.15, 0.2) is 41.1 Å². The van der Waals surface area contributed by atoms with Crippen LogP contribution < -0.4 is 10.1 Å². The second kappa shape index (κ2) is 9.10. The number of nitrogens with one attached hydrogen (secondary N) is 1. The van der Waals surface area contributed by atoms with Crippen molar-refractivity contribution in [2.24, 2.45) is 0 Å². The minimum Gasteiger partial charge on any atom is -0.487 e. The summed E-state index contributed by atoms with van der Waals surface area (Å²) in [6.45, 7) is 2.69. The van der Waals surface area contributed by atoms with Gasteiger partial charge in [0, 0.05) is 23.9 Å². The first kappa shape index (κ1) is 23.2. The first-order valence-corrected chi connectivity index (χ1v) is 10.7.